The predicted octanol–water partition coefficient (Wildman–Crippen LogP) is 2.76. The van der Waals surface area contributed by atoms with Crippen LogP contribution in [0.5, 0.6) is 0 Å². The second-order valence-electron chi connectivity index (χ2n) is 5.22. The molecule has 0 spiro atoms. The van der Waals surface area contributed by atoms with Crippen molar-refractivity contribution in [3.63, 3.8) is 0 Å². The summed E-state index contributed by atoms with van der Waals surface area (Å²) in [5.74, 6) is -0.907. The second-order valence-corrected chi connectivity index (χ2v) is 5.22. The van der Waals surface area contributed by atoms with Gasteiger partial charge in [0.25, 0.3) is 5.91 Å². The number of carbonyl (C=O) groups excluding carboxylic acids is 2. The normalized spacial score (nSPS) is 13.5. The molecule has 1 aliphatic rings. The van der Waals surface area contributed by atoms with E-state index in [9.17, 15) is 14.0 Å². The van der Waals surface area contributed by atoms with Crippen molar-refractivity contribution in [2.24, 2.45) is 0 Å². The van der Waals surface area contributed by atoms with E-state index in [1.54, 1.807) is 30.3 Å². The fourth-order valence-corrected chi connectivity index (χ4v) is 2.45. The van der Waals surface area contributed by atoms with Gasteiger partial charge in [-0.05, 0) is 36.3 Å². The molecule has 0 unspecified atom stereocenters. The number of anilines is 1. The highest BCUT2D eigenvalue weighted by Crippen LogP contribution is 2.19. The molecule has 1 aliphatic heterocycles. The standard InChI is InChI=1S/C18H15FN2O2/c19-16-4-2-1-3-13(16)6-8-17(22)21-14-7-5-12-9-10-20-18(23)15(12)11-14/h1-8,11H,9-10H2,(H,20,23)(H,21,22). The highest BCUT2D eigenvalue weighted by Gasteiger charge is 2.16. The number of fused-ring (bicyclic) bond motifs is 1. The molecule has 0 fully saturated rings. The van der Waals surface area contributed by atoms with E-state index in [1.807, 2.05) is 6.07 Å². The summed E-state index contributed by atoms with van der Waals surface area (Å²) in [5, 5.41) is 5.44. The third kappa shape index (κ3) is 3.45. The lowest BCUT2D eigenvalue weighted by Gasteiger charge is -2.17. The molecule has 0 bridgehead atoms. The molecule has 2 aromatic carbocycles. The van der Waals surface area contributed by atoms with Gasteiger partial charge in [-0.3, -0.25) is 9.59 Å². The molecule has 0 aliphatic carbocycles. The third-order valence-electron chi connectivity index (χ3n) is 3.62. The number of hydrogen-bond donors (Lipinski definition) is 2. The van der Waals surface area contributed by atoms with Crippen LogP contribution >= 0.6 is 0 Å². The highest BCUT2D eigenvalue weighted by molar-refractivity contribution is 6.03. The first-order chi connectivity index (χ1) is 11.1. The van der Waals surface area contributed by atoms with E-state index in [0.29, 0.717) is 23.4 Å². The van der Waals surface area contributed by atoms with Gasteiger partial charge in [0.05, 0.1) is 0 Å². The van der Waals surface area contributed by atoms with Crippen molar-refractivity contribution in [1.82, 2.24) is 5.32 Å². The molecule has 2 amide bonds. The Morgan fingerprint density at radius 1 is 1.22 bits per heavy atom. The molecule has 2 N–H and O–H groups in total. The van der Waals surface area contributed by atoms with E-state index in [-0.39, 0.29) is 17.6 Å². The zero-order chi connectivity index (χ0) is 16.2. The first-order valence-electron chi connectivity index (χ1n) is 7.28. The molecule has 116 valence electrons. The zero-order valence-corrected chi connectivity index (χ0v) is 12.3. The summed E-state index contributed by atoms with van der Waals surface area (Å²) < 4.78 is 13.5. The van der Waals surface area contributed by atoms with Gasteiger partial charge >= 0.3 is 0 Å². The summed E-state index contributed by atoms with van der Waals surface area (Å²) in [7, 11) is 0. The number of halogens is 1. The van der Waals surface area contributed by atoms with Crippen molar-refractivity contribution in [1.29, 1.82) is 0 Å². The molecule has 1 heterocycles. The lowest BCUT2D eigenvalue weighted by Crippen LogP contribution is -2.31. The van der Waals surface area contributed by atoms with Crippen LogP contribution in [0.15, 0.2) is 48.5 Å². The van der Waals surface area contributed by atoms with Gasteiger partial charge in [0, 0.05) is 29.4 Å². The molecule has 0 saturated carbocycles. The molecule has 5 heteroatoms. The average Bonchev–Trinajstić information content (AvgIpc) is 2.55. The highest BCUT2D eigenvalue weighted by atomic mass is 19.1. The Hall–Kier alpha value is -2.95. The molecule has 3 rings (SSSR count). The molecule has 0 saturated heterocycles. The minimum absolute atomic E-state index is 0.135. The summed E-state index contributed by atoms with van der Waals surface area (Å²) in [6.45, 7) is 0.628. The fourth-order valence-electron chi connectivity index (χ4n) is 2.45. The Morgan fingerprint density at radius 3 is 2.87 bits per heavy atom. The topological polar surface area (TPSA) is 58.2 Å². The average molecular weight is 310 g/mol. The van der Waals surface area contributed by atoms with Crippen molar-refractivity contribution in [3.05, 3.63) is 71.0 Å². The van der Waals surface area contributed by atoms with Gasteiger partial charge in [0.1, 0.15) is 5.82 Å². The molecule has 0 aromatic heterocycles. The second kappa shape index (κ2) is 6.44. The maximum atomic E-state index is 13.5. The minimum Gasteiger partial charge on any atom is -0.352 e. The van der Waals surface area contributed by atoms with Crippen LogP contribution in [0.2, 0.25) is 0 Å². The predicted molar refractivity (Wildman–Crippen MR) is 86.5 cm³/mol. The van der Waals surface area contributed by atoms with Gasteiger partial charge in [0.15, 0.2) is 0 Å². The Morgan fingerprint density at radius 2 is 2.04 bits per heavy atom. The lowest BCUT2D eigenvalue weighted by atomic mass is 10.00. The number of rotatable bonds is 3. The largest absolute Gasteiger partial charge is 0.352 e. The Labute approximate surface area is 133 Å². The van der Waals surface area contributed by atoms with Crippen LogP contribution in [0.4, 0.5) is 10.1 Å². The van der Waals surface area contributed by atoms with E-state index < -0.39 is 0 Å². The van der Waals surface area contributed by atoms with E-state index in [2.05, 4.69) is 10.6 Å². The summed E-state index contributed by atoms with van der Waals surface area (Å²) in [5.41, 5.74) is 2.41. The van der Waals surface area contributed by atoms with Gasteiger partial charge in [-0.1, -0.05) is 24.3 Å². The number of benzene rings is 2. The smallest absolute Gasteiger partial charge is 0.251 e. The molecule has 0 atom stereocenters. The van der Waals surface area contributed by atoms with Crippen LogP contribution in [0, 0.1) is 5.82 Å². The number of hydrogen-bond acceptors (Lipinski definition) is 2. The van der Waals surface area contributed by atoms with Crippen molar-refractivity contribution < 1.29 is 14.0 Å². The number of carbonyl (C=O) groups is 2. The zero-order valence-electron chi connectivity index (χ0n) is 12.3. The summed E-state index contributed by atoms with van der Waals surface area (Å²) in [4.78, 5) is 23.7. The molecule has 0 radical (unpaired) electrons. The number of nitrogens with one attached hydrogen (secondary N) is 2. The third-order valence-corrected chi connectivity index (χ3v) is 3.62. The SMILES string of the molecule is O=C(C=Cc1ccccc1F)Nc1ccc2c(c1)C(=O)NCC2. The fraction of sp³-hybridized carbons (Fsp3) is 0.111. The van der Waals surface area contributed by atoms with Gasteiger partial charge in [0.2, 0.25) is 5.91 Å². The minimum atomic E-state index is -0.387. The molecule has 23 heavy (non-hydrogen) atoms. The Balaban J connectivity index is 1.72. The van der Waals surface area contributed by atoms with Crippen molar-refractivity contribution in [3.8, 4) is 0 Å². The summed E-state index contributed by atoms with van der Waals surface area (Å²) in [6, 6.07) is 11.4. The molecule has 4 nitrogen and oxygen atoms in total. The van der Waals surface area contributed by atoms with E-state index in [4.69, 9.17) is 0 Å². The van der Waals surface area contributed by atoms with Crippen LogP contribution in [-0.2, 0) is 11.2 Å². The maximum absolute atomic E-state index is 13.5. The van der Waals surface area contributed by atoms with E-state index >= 15 is 0 Å². The van der Waals surface area contributed by atoms with E-state index in [0.717, 1.165) is 12.0 Å². The van der Waals surface area contributed by atoms with Crippen LogP contribution in [-0.4, -0.2) is 18.4 Å². The van der Waals surface area contributed by atoms with E-state index in [1.165, 1.54) is 18.2 Å². The lowest BCUT2D eigenvalue weighted by molar-refractivity contribution is -0.111. The van der Waals surface area contributed by atoms with Crippen molar-refractivity contribution >= 4 is 23.6 Å². The molecular weight excluding hydrogens is 295 g/mol. The van der Waals surface area contributed by atoms with Gasteiger partial charge < -0.3 is 10.6 Å². The monoisotopic (exact) mass is 310 g/mol. The van der Waals surface area contributed by atoms with Crippen LogP contribution in [0.1, 0.15) is 21.5 Å². The Kier molecular flexibility index (Phi) is 4.19. The van der Waals surface area contributed by atoms with Crippen LogP contribution < -0.4 is 10.6 Å². The first-order valence-corrected chi connectivity index (χ1v) is 7.28. The van der Waals surface area contributed by atoms with Crippen LogP contribution in [0.25, 0.3) is 6.08 Å². The quantitative estimate of drug-likeness (QED) is 0.857. The van der Waals surface area contributed by atoms with Gasteiger partial charge in [-0.25, -0.2) is 4.39 Å². The van der Waals surface area contributed by atoms with Crippen molar-refractivity contribution in [2.75, 3.05) is 11.9 Å². The molecular formula is C18H15FN2O2. The maximum Gasteiger partial charge on any atom is 0.251 e. The summed E-state index contributed by atoms with van der Waals surface area (Å²) in [6.07, 6.45) is 3.45. The van der Waals surface area contributed by atoms with Crippen molar-refractivity contribution in [2.45, 2.75) is 6.42 Å². The van der Waals surface area contributed by atoms with Crippen LogP contribution in [0.3, 0.4) is 0 Å². The van der Waals surface area contributed by atoms with Gasteiger partial charge in [-0.2, -0.15) is 0 Å². The number of amides is 2. The van der Waals surface area contributed by atoms with Gasteiger partial charge in [-0.15, -0.1) is 0 Å². The first kappa shape index (κ1) is 15.0. The molecule has 2 aromatic rings. The summed E-state index contributed by atoms with van der Waals surface area (Å²) >= 11 is 0. The Bertz CT molecular complexity index is 799.